The molecular weight excluding hydrogens is 226 g/mol. The Labute approximate surface area is 107 Å². The van der Waals surface area contributed by atoms with Crippen LogP contribution in [0.2, 0.25) is 0 Å². The minimum Gasteiger partial charge on any atom is -0.338 e. The standard InChI is InChI=1S/C14H17N3O/c1-11-5-8-17(10-11)14(18)13-4-7-16-9-12(13)3-2-6-15/h4,7,9,11H,5-6,8,10,15H2,1H3. The summed E-state index contributed by atoms with van der Waals surface area (Å²) in [7, 11) is 0. The number of carbonyl (C=O) groups excluding carboxylic acids is 1. The van der Waals surface area contributed by atoms with Gasteiger partial charge in [0.25, 0.3) is 5.91 Å². The number of carbonyl (C=O) groups is 1. The van der Waals surface area contributed by atoms with Gasteiger partial charge in [-0.3, -0.25) is 9.78 Å². The average molecular weight is 243 g/mol. The van der Waals surface area contributed by atoms with E-state index in [2.05, 4.69) is 23.7 Å². The Morgan fingerprint density at radius 1 is 1.67 bits per heavy atom. The van der Waals surface area contributed by atoms with Crippen molar-refractivity contribution in [1.29, 1.82) is 0 Å². The van der Waals surface area contributed by atoms with E-state index in [9.17, 15) is 4.79 Å². The van der Waals surface area contributed by atoms with Crippen LogP contribution in [0.4, 0.5) is 0 Å². The molecule has 1 unspecified atom stereocenters. The van der Waals surface area contributed by atoms with Crippen molar-refractivity contribution in [3.05, 3.63) is 29.6 Å². The Hall–Kier alpha value is -1.86. The number of pyridine rings is 1. The number of nitrogens with zero attached hydrogens (tertiary/aromatic N) is 2. The molecule has 2 rings (SSSR count). The first-order chi connectivity index (χ1) is 8.72. The van der Waals surface area contributed by atoms with Gasteiger partial charge in [0.2, 0.25) is 0 Å². The highest BCUT2D eigenvalue weighted by atomic mass is 16.2. The van der Waals surface area contributed by atoms with E-state index in [-0.39, 0.29) is 12.5 Å². The van der Waals surface area contributed by atoms with Crippen LogP contribution in [0.3, 0.4) is 0 Å². The van der Waals surface area contributed by atoms with Crippen LogP contribution >= 0.6 is 0 Å². The maximum Gasteiger partial charge on any atom is 0.255 e. The average Bonchev–Trinajstić information content (AvgIpc) is 2.82. The minimum atomic E-state index is 0.0445. The summed E-state index contributed by atoms with van der Waals surface area (Å²) in [5.41, 5.74) is 6.64. The minimum absolute atomic E-state index is 0.0445. The maximum atomic E-state index is 12.4. The zero-order valence-electron chi connectivity index (χ0n) is 10.5. The van der Waals surface area contributed by atoms with Gasteiger partial charge in [-0.2, -0.15) is 0 Å². The van der Waals surface area contributed by atoms with E-state index >= 15 is 0 Å². The van der Waals surface area contributed by atoms with Crippen molar-refractivity contribution < 1.29 is 4.79 Å². The molecule has 1 amide bonds. The Morgan fingerprint density at radius 3 is 3.17 bits per heavy atom. The smallest absolute Gasteiger partial charge is 0.255 e. The van der Waals surface area contributed by atoms with Gasteiger partial charge in [0.15, 0.2) is 0 Å². The number of hydrogen-bond donors (Lipinski definition) is 1. The molecule has 0 radical (unpaired) electrons. The second kappa shape index (κ2) is 5.65. The molecule has 0 spiro atoms. The highest BCUT2D eigenvalue weighted by Gasteiger charge is 2.25. The Balaban J connectivity index is 2.24. The van der Waals surface area contributed by atoms with E-state index in [0.717, 1.165) is 19.5 Å². The predicted molar refractivity (Wildman–Crippen MR) is 69.9 cm³/mol. The zero-order valence-corrected chi connectivity index (χ0v) is 10.5. The van der Waals surface area contributed by atoms with Gasteiger partial charge in [-0.25, -0.2) is 0 Å². The number of aromatic nitrogens is 1. The third-order valence-corrected chi connectivity index (χ3v) is 3.09. The Morgan fingerprint density at radius 2 is 2.50 bits per heavy atom. The predicted octanol–water partition coefficient (Wildman–Crippen LogP) is 0.874. The van der Waals surface area contributed by atoms with Gasteiger partial charge >= 0.3 is 0 Å². The summed E-state index contributed by atoms with van der Waals surface area (Å²) in [5.74, 6) is 6.29. The lowest BCUT2D eigenvalue weighted by atomic mass is 10.1. The molecule has 18 heavy (non-hydrogen) atoms. The molecule has 4 heteroatoms. The van der Waals surface area contributed by atoms with Crippen molar-refractivity contribution in [1.82, 2.24) is 9.88 Å². The third kappa shape index (κ3) is 2.69. The molecule has 1 aromatic heterocycles. The lowest BCUT2D eigenvalue weighted by Crippen LogP contribution is -2.29. The van der Waals surface area contributed by atoms with Gasteiger partial charge < -0.3 is 10.6 Å². The van der Waals surface area contributed by atoms with Crippen LogP contribution in [-0.2, 0) is 0 Å². The van der Waals surface area contributed by atoms with Gasteiger partial charge in [-0.1, -0.05) is 18.8 Å². The first-order valence-electron chi connectivity index (χ1n) is 6.14. The number of rotatable bonds is 1. The summed E-state index contributed by atoms with van der Waals surface area (Å²) in [6.45, 7) is 4.09. The molecule has 1 atom stereocenters. The fourth-order valence-corrected chi connectivity index (χ4v) is 2.12. The molecule has 1 saturated heterocycles. The molecule has 1 aliphatic heterocycles. The lowest BCUT2D eigenvalue weighted by Gasteiger charge is -2.16. The van der Waals surface area contributed by atoms with Crippen LogP contribution in [0.15, 0.2) is 18.5 Å². The SMILES string of the molecule is CC1CCN(C(=O)c2ccncc2C#CCN)C1. The van der Waals surface area contributed by atoms with Gasteiger partial charge in [-0.15, -0.1) is 0 Å². The highest BCUT2D eigenvalue weighted by Crippen LogP contribution is 2.19. The largest absolute Gasteiger partial charge is 0.338 e. The molecule has 2 heterocycles. The Kier molecular flexibility index (Phi) is 3.96. The number of amides is 1. The number of nitrogens with two attached hydrogens (primary N) is 1. The van der Waals surface area contributed by atoms with Gasteiger partial charge in [0, 0.05) is 25.5 Å². The molecule has 4 nitrogen and oxygen atoms in total. The monoisotopic (exact) mass is 243 g/mol. The number of hydrogen-bond acceptors (Lipinski definition) is 3. The van der Waals surface area contributed by atoms with E-state index in [0.29, 0.717) is 17.0 Å². The second-order valence-corrected chi connectivity index (χ2v) is 4.57. The fraction of sp³-hybridized carbons (Fsp3) is 0.429. The van der Waals surface area contributed by atoms with Crippen molar-refractivity contribution in [2.24, 2.45) is 11.7 Å². The van der Waals surface area contributed by atoms with E-state index in [1.54, 1.807) is 18.5 Å². The lowest BCUT2D eigenvalue weighted by molar-refractivity contribution is 0.0787. The van der Waals surface area contributed by atoms with Crippen LogP contribution in [0.1, 0.15) is 29.3 Å². The molecule has 0 bridgehead atoms. The van der Waals surface area contributed by atoms with Crippen LogP contribution in [0, 0.1) is 17.8 Å². The molecular formula is C14H17N3O. The third-order valence-electron chi connectivity index (χ3n) is 3.09. The first kappa shape index (κ1) is 12.6. The summed E-state index contributed by atoms with van der Waals surface area (Å²) in [6, 6.07) is 1.73. The molecule has 0 aliphatic carbocycles. The van der Waals surface area contributed by atoms with E-state index < -0.39 is 0 Å². The van der Waals surface area contributed by atoms with E-state index in [1.165, 1.54) is 0 Å². The molecule has 0 aromatic carbocycles. The Bertz CT molecular complexity index is 501. The molecule has 1 aromatic rings. The second-order valence-electron chi connectivity index (χ2n) is 4.57. The summed E-state index contributed by atoms with van der Waals surface area (Å²) < 4.78 is 0. The van der Waals surface area contributed by atoms with Gasteiger partial charge in [-0.05, 0) is 18.4 Å². The summed E-state index contributed by atoms with van der Waals surface area (Å²) >= 11 is 0. The quantitative estimate of drug-likeness (QED) is 0.745. The van der Waals surface area contributed by atoms with Crippen LogP contribution in [0.25, 0.3) is 0 Å². The maximum absolute atomic E-state index is 12.4. The van der Waals surface area contributed by atoms with Crippen molar-refractivity contribution in [2.45, 2.75) is 13.3 Å². The zero-order chi connectivity index (χ0) is 13.0. The first-order valence-corrected chi connectivity index (χ1v) is 6.14. The highest BCUT2D eigenvalue weighted by molar-refractivity contribution is 5.96. The van der Waals surface area contributed by atoms with Crippen LogP contribution in [-0.4, -0.2) is 35.4 Å². The molecule has 1 fully saturated rings. The van der Waals surface area contributed by atoms with Crippen LogP contribution in [0.5, 0.6) is 0 Å². The van der Waals surface area contributed by atoms with E-state index in [4.69, 9.17) is 5.73 Å². The summed E-state index contributed by atoms with van der Waals surface area (Å²) in [4.78, 5) is 18.3. The van der Waals surface area contributed by atoms with E-state index in [1.807, 2.05) is 4.90 Å². The molecule has 0 saturated carbocycles. The number of likely N-dealkylation sites (tertiary alicyclic amines) is 1. The fourth-order valence-electron chi connectivity index (χ4n) is 2.12. The van der Waals surface area contributed by atoms with Gasteiger partial charge in [0.05, 0.1) is 17.7 Å². The summed E-state index contributed by atoms with van der Waals surface area (Å²) in [5, 5.41) is 0. The summed E-state index contributed by atoms with van der Waals surface area (Å²) in [6.07, 6.45) is 4.32. The van der Waals surface area contributed by atoms with Gasteiger partial charge in [0.1, 0.15) is 0 Å². The molecule has 1 aliphatic rings. The topological polar surface area (TPSA) is 59.2 Å². The molecule has 94 valence electrons. The van der Waals surface area contributed by atoms with Crippen molar-refractivity contribution in [2.75, 3.05) is 19.6 Å². The molecule has 2 N–H and O–H groups in total. The van der Waals surface area contributed by atoms with Crippen molar-refractivity contribution >= 4 is 5.91 Å². The van der Waals surface area contributed by atoms with Crippen LogP contribution < -0.4 is 5.73 Å². The van der Waals surface area contributed by atoms with Crippen molar-refractivity contribution in [3.63, 3.8) is 0 Å². The normalized spacial score (nSPS) is 18.3. The van der Waals surface area contributed by atoms with Crippen molar-refractivity contribution in [3.8, 4) is 11.8 Å².